The Kier molecular flexibility index (Phi) is 2.27. The lowest BCUT2D eigenvalue weighted by Gasteiger charge is -1.96. The molecule has 0 amide bonds. The van der Waals surface area contributed by atoms with Crippen molar-refractivity contribution in [3.63, 3.8) is 0 Å². The van der Waals surface area contributed by atoms with Crippen LogP contribution in [0.4, 0.5) is 5.82 Å². The fourth-order valence-corrected chi connectivity index (χ4v) is 2.96. The molecule has 0 fully saturated rings. The minimum absolute atomic E-state index is 0.448. The molecule has 0 aliphatic rings. The molecule has 0 bridgehead atoms. The second kappa shape index (κ2) is 3.77. The molecule has 0 radical (unpaired) electrons. The number of rotatable bonds is 2. The van der Waals surface area contributed by atoms with E-state index in [4.69, 9.17) is 10.3 Å². The molecule has 0 saturated heterocycles. The Morgan fingerprint density at radius 3 is 2.88 bits per heavy atom. The lowest BCUT2D eigenvalue weighted by atomic mass is 10.1. The Bertz CT molecular complexity index is 582. The quantitative estimate of drug-likeness (QED) is 0.752. The Balaban J connectivity index is 2.21. The number of hydrogen-bond donors (Lipinski definition) is 1. The third-order valence-electron chi connectivity index (χ3n) is 2.27. The molecular weight excluding hydrogens is 240 g/mol. The number of hydrogen-bond acceptors (Lipinski definition) is 5. The maximum absolute atomic E-state index is 5.84. The van der Waals surface area contributed by atoms with Crippen molar-refractivity contribution in [2.45, 2.75) is 0 Å². The Morgan fingerprint density at radius 1 is 1.25 bits per heavy atom. The first kappa shape index (κ1) is 9.62. The highest BCUT2D eigenvalue weighted by Gasteiger charge is 2.18. The highest BCUT2D eigenvalue weighted by atomic mass is 32.1. The van der Waals surface area contributed by atoms with Crippen molar-refractivity contribution in [1.82, 2.24) is 5.16 Å². The zero-order valence-electron chi connectivity index (χ0n) is 8.21. The van der Waals surface area contributed by atoms with Gasteiger partial charge in [0, 0.05) is 15.8 Å². The third kappa shape index (κ3) is 1.45. The van der Waals surface area contributed by atoms with Crippen LogP contribution in [0.15, 0.2) is 38.9 Å². The molecule has 5 heteroatoms. The highest BCUT2D eigenvalue weighted by Crippen LogP contribution is 2.39. The molecule has 3 heterocycles. The molecule has 0 spiro atoms. The molecule has 0 atom stereocenters. The van der Waals surface area contributed by atoms with Crippen LogP contribution in [0.5, 0.6) is 0 Å². The molecule has 3 aromatic rings. The van der Waals surface area contributed by atoms with E-state index in [0.717, 1.165) is 21.8 Å². The molecule has 16 heavy (non-hydrogen) atoms. The average Bonchev–Trinajstić information content (AvgIpc) is 2.96. The van der Waals surface area contributed by atoms with Crippen molar-refractivity contribution in [3.05, 3.63) is 34.3 Å². The van der Waals surface area contributed by atoms with E-state index in [2.05, 4.69) is 5.16 Å². The normalized spacial score (nSPS) is 10.8. The highest BCUT2D eigenvalue weighted by molar-refractivity contribution is 7.13. The standard InChI is InChI=1S/C11H8N2OS2/c12-11-9(8-2-1-4-16-8)10(14-13-11)7-3-5-15-6-7/h1-6H,(H2,12,13). The van der Waals surface area contributed by atoms with Gasteiger partial charge >= 0.3 is 0 Å². The second-order valence-electron chi connectivity index (χ2n) is 3.26. The van der Waals surface area contributed by atoms with Gasteiger partial charge in [-0.15, -0.1) is 11.3 Å². The number of nitrogens with zero attached hydrogens (tertiary/aromatic N) is 1. The number of aromatic nitrogens is 1. The van der Waals surface area contributed by atoms with Gasteiger partial charge in [0.25, 0.3) is 0 Å². The molecule has 3 aromatic heterocycles. The van der Waals surface area contributed by atoms with Crippen molar-refractivity contribution < 1.29 is 4.52 Å². The molecule has 0 unspecified atom stereocenters. The summed E-state index contributed by atoms with van der Waals surface area (Å²) in [5.41, 5.74) is 7.77. The summed E-state index contributed by atoms with van der Waals surface area (Å²) in [5.74, 6) is 1.20. The molecular formula is C11H8N2OS2. The molecule has 2 N–H and O–H groups in total. The molecule has 3 rings (SSSR count). The van der Waals surface area contributed by atoms with Crippen molar-refractivity contribution in [2.75, 3.05) is 5.73 Å². The molecule has 0 aliphatic heterocycles. The van der Waals surface area contributed by atoms with Gasteiger partial charge in [0.15, 0.2) is 11.6 Å². The van der Waals surface area contributed by atoms with Crippen LogP contribution in [0.1, 0.15) is 0 Å². The summed E-state index contributed by atoms with van der Waals surface area (Å²) in [5, 5.41) is 9.89. The molecule has 0 aliphatic carbocycles. The number of anilines is 1. The van der Waals surface area contributed by atoms with Crippen LogP contribution in [-0.2, 0) is 0 Å². The largest absolute Gasteiger partial charge is 0.380 e. The fraction of sp³-hybridized carbons (Fsp3) is 0. The van der Waals surface area contributed by atoms with E-state index in [9.17, 15) is 0 Å². The number of nitrogen functional groups attached to an aromatic ring is 1. The lowest BCUT2D eigenvalue weighted by molar-refractivity contribution is 0.436. The smallest absolute Gasteiger partial charge is 0.178 e. The monoisotopic (exact) mass is 248 g/mol. The molecule has 0 aromatic carbocycles. The van der Waals surface area contributed by atoms with Gasteiger partial charge in [0.1, 0.15) is 0 Å². The van der Waals surface area contributed by atoms with E-state index < -0.39 is 0 Å². The van der Waals surface area contributed by atoms with Crippen molar-refractivity contribution in [1.29, 1.82) is 0 Å². The van der Waals surface area contributed by atoms with Gasteiger partial charge in [0.2, 0.25) is 0 Å². The van der Waals surface area contributed by atoms with Gasteiger partial charge in [-0.05, 0) is 22.9 Å². The third-order valence-corrected chi connectivity index (χ3v) is 3.84. The van der Waals surface area contributed by atoms with Gasteiger partial charge in [-0.25, -0.2) is 0 Å². The summed E-state index contributed by atoms with van der Waals surface area (Å²) in [6.07, 6.45) is 0. The van der Waals surface area contributed by atoms with Gasteiger partial charge in [-0.2, -0.15) is 11.3 Å². The van der Waals surface area contributed by atoms with E-state index in [1.165, 1.54) is 0 Å². The average molecular weight is 248 g/mol. The first-order chi connectivity index (χ1) is 7.86. The van der Waals surface area contributed by atoms with E-state index in [-0.39, 0.29) is 0 Å². The number of thiophene rings is 2. The van der Waals surface area contributed by atoms with Gasteiger partial charge in [0.05, 0.1) is 5.56 Å². The summed E-state index contributed by atoms with van der Waals surface area (Å²) < 4.78 is 5.30. The van der Waals surface area contributed by atoms with E-state index in [0.29, 0.717) is 5.82 Å². The summed E-state index contributed by atoms with van der Waals surface area (Å²) in [6.45, 7) is 0. The van der Waals surface area contributed by atoms with E-state index in [1.807, 2.05) is 34.3 Å². The van der Waals surface area contributed by atoms with Gasteiger partial charge in [-0.1, -0.05) is 11.2 Å². The van der Waals surface area contributed by atoms with E-state index >= 15 is 0 Å². The maximum atomic E-state index is 5.84. The maximum Gasteiger partial charge on any atom is 0.178 e. The van der Waals surface area contributed by atoms with Crippen molar-refractivity contribution >= 4 is 28.5 Å². The zero-order chi connectivity index (χ0) is 11.0. The fourth-order valence-electron chi connectivity index (χ4n) is 1.55. The van der Waals surface area contributed by atoms with Crippen LogP contribution in [0.3, 0.4) is 0 Å². The summed E-state index contributed by atoms with van der Waals surface area (Å²) in [4.78, 5) is 1.08. The topological polar surface area (TPSA) is 52.0 Å². The second-order valence-corrected chi connectivity index (χ2v) is 4.99. The van der Waals surface area contributed by atoms with Crippen molar-refractivity contribution in [3.8, 4) is 21.8 Å². The van der Waals surface area contributed by atoms with Crippen LogP contribution in [-0.4, -0.2) is 5.16 Å². The molecule has 3 nitrogen and oxygen atoms in total. The van der Waals surface area contributed by atoms with Crippen LogP contribution >= 0.6 is 22.7 Å². The zero-order valence-corrected chi connectivity index (χ0v) is 9.85. The Labute approximate surface area is 100 Å². The van der Waals surface area contributed by atoms with Crippen LogP contribution in [0.2, 0.25) is 0 Å². The first-order valence-electron chi connectivity index (χ1n) is 4.68. The SMILES string of the molecule is Nc1noc(-c2ccsc2)c1-c1cccs1. The number of nitrogens with two attached hydrogens (primary N) is 1. The Morgan fingerprint density at radius 2 is 2.19 bits per heavy atom. The lowest BCUT2D eigenvalue weighted by Crippen LogP contribution is -1.86. The van der Waals surface area contributed by atoms with Crippen molar-refractivity contribution in [2.24, 2.45) is 0 Å². The first-order valence-corrected chi connectivity index (χ1v) is 6.50. The van der Waals surface area contributed by atoms with Gasteiger partial charge in [-0.3, -0.25) is 0 Å². The van der Waals surface area contributed by atoms with Gasteiger partial charge < -0.3 is 10.3 Å². The molecule has 0 saturated carbocycles. The molecule has 80 valence electrons. The minimum atomic E-state index is 0.448. The minimum Gasteiger partial charge on any atom is -0.380 e. The predicted molar refractivity (Wildman–Crippen MR) is 67.5 cm³/mol. The summed E-state index contributed by atoms with van der Waals surface area (Å²) in [7, 11) is 0. The Hall–Kier alpha value is -1.59. The predicted octanol–water partition coefficient (Wildman–Crippen LogP) is 3.71. The van der Waals surface area contributed by atoms with Crippen LogP contribution in [0, 0.1) is 0 Å². The van der Waals surface area contributed by atoms with Crippen LogP contribution < -0.4 is 5.73 Å². The van der Waals surface area contributed by atoms with E-state index in [1.54, 1.807) is 22.7 Å². The summed E-state index contributed by atoms with van der Waals surface area (Å²) >= 11 is 3.25. The summed E-state index contributed by atoms with van der Waals surface area (Å²) in [6, 6.07) is 6.01. The van der Waals surface area contributed by atoms with Crippen LogP contribution in [0.25, 0.3) is 21.8 Å².